The fourth-order valence-electron chi connectivity index (χ4n) is 5.61. The van der Waals surface area contributed by atoms with E-state index in [1.165, 1.54) is 7.11 Å². The van der Waals surface area contributed by atoms with Crippen molar-refractivity contribution in [3.8, 4) is 11.5 Å². The minimum atomic E-state index is -1.09. The Hall–Kier alpha value is -4.45. The van der Waals surface area contributed by atoms with Crippen LogP contribution in [0.3, 0.4) is 0 Å². The van der Waals surface area contributed by atoms with Gasteiger partial charge < -0.3 is 43.6 Å². The molecule has 1 amide bonds. The Balaban J connectivity index is 1.29. The van der Waals surface area contributed by atoms with Gasteiger partial charge in [0.05, 0.1) is 27.4 Å². The van der Waals surface area contributed by atoms with Gasteiger partial charge in [0.25, 0.3) is 0 Å². The number of amides is 1. The van der Waals surface area contributed by atoms with Crippen LogP contribution in [0.5, 0.6) is 11.5 Å². The average Bonchev–Trinajstić information content (AvgIpc) is 3.44. The van der Waals surface area contributed by atoms with Crippen molar-refractivity contribution in [1.29, 1.82) is 0 Å². The lowest BCUT2D eigenvalue weighted by Crippen LogP contribution is -2.40. The maximum absolute atomic E-state index is 12.1. The average molecular weight is 644 g/mol. The van der Waals surface area contributed by atoms with Crippen LogP contribution in [-0.2, 0) is 35.9 Å². The van der Waals surface area contributed by atoms with Gasteiger partial charge in [-0.3, -0.25) is 0 Å². The number of carbonyl (C=O) groups excluding carboxylic acids is 1. The number of methoxy groups -OCH3 is 3. The summed E-state index contributed by atoms with van der Waals surface area (Å²) in [5, 5.41) is 13.9. The Kier molecular flexibility index (Phi) is 11.8. The molecule has 47 heavy (non-hydrogen) atoms. The summed E-state index contributed by atoms with van der Waals surface area (Å²) < 4.78 is 40.6. The molecule has 0 spiro atoms. The smallest absolute Gasteiger partial charge is 0.407 e. The van der Waals surface area contributed by atoms with E-state index in [0.29, 0.717) is 11.5 Å². The summed E-state index contributed by atoms with van der Waals surface area (Å²) in [5.41, 5.74) is 2.38. The molecule has 0 aliphatic carbocycles. The van der Waals surface area contributed by atoms with E-state index < -0.39 is 36.3 Å². The molecule has 0 aromatic heterocycles. The van der Waals surface area contributed by atoms with Crippen molar-refractivity contribution < 1.29 is 43.1 Å². The van der Waals surface area contributed by atoms with E-state index in [1.54, 1.807) is 14.2 Å². The van der Waals surface area contributed by atoms with E-state index in [-0.39, 0.29) is 26.4 Å². The summed E-state index contributed by atoms with van der Waals surface area (Å²) in [6.45, 7) is 0.443. The van der Waals surface area contributed by atoms with Gasteiger partial charge in [-0.05, 0) is 46.5 Å². The van der Waals surface area contributed by atoms with Crippen LogP contribution >= 0.6 is 0 Å². The molecule has 0 saturated carbocycles. The van der Waals surface area contributed by atoms with Crippen molar-refractivity contribution in [3.05, 3.63) is 131 Å². The highest BCUT2D eigenvalue weighted by Crippen LogP contribution is 2.42. The summed E-state index contributed by atoms with van der Waals surface area (Å²) in [5.74, 6) is 1.42. The van der Waals surface area contributed by atoms with E-state index >= 15 is 0 Å². The molecule has 1 aliphatic rings. The van der Waals surface area contributed by atoms with Crippen molar-refractivity contribution in [2.45, 2.75) is 36.8 Å². The SMILES string of the molecule is COc1ccc(C(OC[C@H]2O[C@H](OCCNC(=O)OCc3ccccc3)[C@H](OC)[C@@H]2O)(c2ccccc2)c2ccc(OC)cc2)cc1. The van der Waals surface area contributed by atoms with Crippen LogP contribution in [0.1, 0.15) is 22.3 Å². The van der Waals surface area contributed by atoms with E-state index in [0.717, 1.165) is 22.3 Å². The van der Waals surface area contributed by atoms with Crippen LogP contribution in [0.4, 0.5) is 4.79 Å². The zero-order valence-corrected chi connectivity index (χ0v) is 26.7. The number of alkyl carbamates (subject to hydrolysis) is 1. The van der Waals surface area contributed by atoms with E-state index in [2.05, 4.69) is 5.32 Å². The number of ether oxygens (including phenoxy) is 7. The lowest BCUT2D eigenvalue weighted by molar-refractivity contribution is -0.179. The lowest BCUT2D eigenvalue weighted by atomic mass is 9.80. The fraction of sp³-hybridized carbons (Fsp3) is 0.324. The van der Waals surface area contributed by atoms with Gasteiger partial charge in [0.2, 0.25) is 0 Å². The van der Waals surface area contributed by atoms with Crippen molar-refractivity contribution >= 4 is 6.09 Å². The van der Waals surface area contributed by atoms with Gasteiger partial charge in [0.1, 0.15) is 42.0 Å². The molecule has 248 valence electrons. The molecule has 5 rings (SSSR count). The number of aliphatic hydroxyl groups is 1. The molecule has 1 aliphatic heterocycles. The molecule has 0 unspecified atom stereocenters. The second kappa shape index (κ2) is 16.4. The van der Waals surface area contributed by atoms with E-state index in [1.807, 2.05) is 109 Å². The molecule has 4 aromatic rings. The molecule has 4 atom stereocenters. The zero-order valence-electron chi connectivity index (χ0n) is 26.7. The molecule has 2 N–H and O–H groups in total. The maximum Gasteiger partial charge on any atom is 0.407 e. The molecule has 0 radical (unpaired) electrons. The van der Waals surface area contributed by atoms with E-state index in [4.69, 9.17) is 33.2 Å². The Morgan fingerprint density at radius 3 is 1.89 bits per heavy atom. The van der Waals surface area contributed by atoms with Crippen LogP contribution in [-0.4, -0.2) is 76.9 Å². The van der Waals surface area contributed by atoms with Crippen molar-refractivity contribution in [1.82, 2.24) is 5.32 Å². The molecule has 1 heterocycles. The number of rotatable bonds is 15. The number of hydrogen-bond donors (Lipinski definition) is 2. The highest BCUT2D eigenvalue weighted by molar-refractivity contribution is 5.67. The number of nitrogens with one attached hydrogen (secondary N) is 1. The highest BCUT2D eigenvalue weighted by Gasteiger charge is 2.47. The van der Waals surface area contributed by atoms with Gasteiger partial charge in [-0.2, -0.15) is 0 Å². The summed E-state index contributed by atoms with van der Waals surface area (Å²) in [4.78, 5) is 12.1. The zero-order chi connectivity index (χ0) is 33.1. The third-order valence-electron chi connectivity index (χ3n) is 8.07. The number of carbonyl (C=O) groups is 1. The van der Waals surface area contributed by atoms with Crippen molar-refractivity contribution in [2.24, 2.45) is 0 Å². The first-order chi connectivity index (χ1) is 23.0. The summed E-state index contributed by atoms with van der Waals surface area (Å²) in [6, 6.07) is 34.7. The van der Waals surface area contributed by atoms with Crippen molar-refractivity contribution in [3.63, 3.8) is 0 Å². The molecule has 1 saturated heterocycles. The Morgan fingerprint density at radius 2 is 1.34 bits per heavy atom. The van der Waals surface area contributed by atoms with Gasteiger partial charge in [-0.25, -0.2) is 4.79 Å². The minimum absolute atomic E-state index is 0.00208. The second-order valence-electron chi connectivity index (χ2n) is 10.9. The molecular formula is C37H41NO9. The second-order valence-corrected chi connectivity index (χ2v) is 10.9. The molecule has 0 bridgehead atoms. The third kappa shape index (κ3) is 8.10. The molecule has 10 nitrogen and oxygen atoms in total. The number of hydrogen-bond acceptors (Lipinski definition) is 9. The molecule has 10 heteroatoms. The molecule has 4 aromatic carbocycles. The highest BCUT2D eigenvalue weighted by atomic mass is 16.7. The first kappa shape index (κ1) is 33.9. The van der Waals surface area contributed by atoms with Gasteiger partial charge in [0.15, 0.2) is 6.29 Å². The van der Waals surface area contributed by atoms with E-state index in [9.17, 15) is 9.90 Å². The first-order valence-corrected chi connectivity index (χ1v) is 15.4. The predicted molar refractivity (Wildman–Crippen MR) is 174 cm³/mol. The van der Waals surface area contributed by atoms with Gasteiger partial charge in [-0.15, -0.1) is 0 Å². The Labute approximate surface area is 275 Å². The molecule has 1 fully saturated rings. The van der Waals surface area contributed by atoms with Crippen LogP contribution in [0.15, 0.2) is 109 Å². The van der Waals surface area contributed by atoms with Crippen molar-refractivity contribution in [2.75, 3.05) is 41.1 Å². The Morgan fingerprint density at radius 1 is 0.787 bits per heavy atom. The summed E-state index contributed by atoms with van der Waals surface area (Å²) >= 11 is 0. The number of aliphatic hydroxyl groups excluding tert-OH is 1. The normalized spacial score (nSPS) is 19.2. The van der Waals surface area contributed by atoms with Crippen LogP contribution in [0.2, 0.25) is 0 Å². The largest absolute Gasteiger partial charge is 0.497 e. The first-order valence-electron chi connectivity index (χ1n) is 15.4. The fourth-order valence-corrected chi connectivity index (χ4v) is 5.61. The van der Waals surface area contributed by atoms with Gasteiger partial charge in [-0.1, -0.05) is 84.9 Å². The third-order valence-corrected chi connectivity index (χ3v) is 8.07. The minimum Gasteiger partial charge on any atom is -0.497 e. The topological polar surface area (TPSA) is 114 Å². The maximum atomic E-state index is 12.1. The lowest BCUT2D eigenvalue weighted by Gasteiger charge is -2.37. The van der Waals surface area contributed by atoms with Crippen LogP contribution < -0.4 is 14.8 Å². The summed E-state index contributed by atoms with van der Waals surface area (Å²) in [6.07, 6.45) is -4.06. The van der Waals surface area contributed by atoms with Crippen LogP contribution in [0, 0.1) is 0 Å². The van der Waals surface area contributed by atoms with Gasteiger partial charge >= 0.3 is 6.09 Å². The molecular weight excluding hydrogens is 602 g/mol. The number of benzene rings is 4. The predicted octanol–water partition coefficient (Wildman–Crippen LogP) is 5.06. The van der Waals surface area contributed by atoms with Gasteiger partial charge in [0, 0.05) is 13.7 Å². The van der Waals surface area contributed by atoms with Crippen LogP contribution in [0.25, 0.3) is 0 Å². The monoisotopic (exact) mass is 643 g/mol. The summed E-state index contributed by atoms with van der Waals surface area (Å²) in [7, 11) is 4.73. The standard InChI is InChI=1S/C37H41NO9/c1-41-30-18-14-28(15-19-30)37(27-12-8-5-9-13-27,29-16-20-31(42-2)21-17-29)46-25-32-33(39)34(43-3)35(47-32)44-23-22-38-36(40)45-24-26-10-6-4-7-11-26/h4-21,32-35,39H,22-25H2,1-3H3,(H,38,40)/t32-,33-,34-,35+/m1/s1. The quantitative estimate of drug-likeness (QED) is 0.136. The Bertz CT molecular complexity index is 1470.